The Hall–Kier alpha value is -2.19. The van der Waals surface area contributed by atoms with E-state index in [1.54, 1.807) is 0 Å². The summed E-state index contributed by atoms with van der Waals surface area (Å²) in [7, 11) is 0. The fourth-order valence-electron chi connectivity index (χ4n) is 5.72. The second kappa shape index (κ2) is 14.1. The van der Waals surface area contributed by atoms with Gasteiger partial charge in [0.2, 0.25) is 0 Å². The average molecular weight is 523 g/mol. The van der Waals surface area contributed by atoms with E-state index < -0.39 is 16.7 Å². The lowest BCUT2D eigenvalue weighted by Gasteiger charge is -2.28. The van der Waals surface area contributed by atoms with Crippen molar-refractivity contribution in [3.63, 3.8) is 0 Å². The average Bonchev–Trinajstić information content (AvgIpc) is 2.93. The number of benzene rings is 3. The molecular weight excluding hydrogens is 482 g/mol. The largest absolute Gasteiger partial charge is 0.205 e. The van der Waals surface area contributed by atoms with Crippen molar-refractivity contribution in [3.8, 4) is 0 Å². The Labute approximate surface area is 227 Å². The molecule has 0 saturated heterocycles. The second-order valence-corrected chi connectivity index (χ2v) is 11.5. The van der Waals surface area contributed by atoms with Crippen LogP contribution in [-0.4, -0.2) is 0 Å². The molecule has 3 aromatic rings. The molecule has 1 saturated carbocycles. The Kier molecular flexibility index (Phi) is 10.6. The Morgan fingerprint density at radius 1 is 0.595 bits per heavy atom. The van der Waals surface area contributed by atoms with Crippen LogP contribution in [0.2, 0.25) is 5.02 Å². The quantitative estimate of drug-likeness (QED) is 0.207. The third kappa shape index (κ3) is 8.67. The van der Waals surface area contributed by atoms with Crippen molar-refractivity contribution in [1.29, 1.82) is 0 Å². The smallest absolute Gasteiger partial charge is 0.145 e. The first-order valence-electron chi connectivity index (χ1n) is 14.3. The molecule has 0 atom stereocenters. The number of hydrogen-bond donors (Lipinski definition) is 0. The van der Waals surface area contributed by atoms with E-state index >= 15 is 0 Å². The monoisotopic (exact) mass is 522 g/mol. The number of hydrogen-bond acceptors (Lipinski definition) is 0. The van der Waals surface area contributed by atoms with Crippen LogP contribution in [0.3, 0.4) is 0 Å². The maximum atomic E-state index is 13.7. The van der Waals surface area contributed by atoms with Gasteiger partial charge in [0, 0.05) is 0 Å². The second-order valence-electron chi connectivity index (χ2n) is 11.1. The summed E-state index contributed by atoms with van der Waals surface area (Å²) in [5.74, 6) is 0.364. The SMILES string of the molecule is CCCCc1ccc(CCC2CCC(CCc3ccc(CCc4cc(F)c(Cl)c(F)c4)cc3)CC2)cc1. The van der Waals surface area contributed by atoms with E-state index in [9.17, 15) is 8.78 Å². The van der Waals surface area contributed by atoms with Crippen LogP contribution >= 0.6 is 11.6 Å². The van der Waals surface area contributed by atoms with Gasteiger partial charge in [0.1, 0.15) is 16.7 Å². The topological polar surface area (TPSA) is 0 Å². The molecular formula is C34H41ClF2. The highest BCUT2D eigenvalue weighted by molar-refractivity contribution is 6.30. The van der Waals surface area contributed by atoms with Crippen LogP contribution in [0.25, 0.3) is 0 Å². The molecule has 1 fully saturated rings. The zero-order valence-electron chi connectivity index (χ0n) is 22.3. The molecule has 37 heavy (non-hydrogen) atoms. The van der Waals surface area contributed by atoms with Gasteiger partial charge in [-0.05, 0) is 103 Å². The van der Waals surface area contributed by atoms with Crippen molar-refractivity contribution in [2.45, 2.75) is 90.4 Å². The molecule has 0 aromatic heterocycles. The van der Waals surface area contributed by atoms with Crippen LogP contribution in [-0.2, 0) is 32.1 Å². The fraction of sp³-hybridized carbons (Fsp3) is 0.471. The Balaban J connectivity index is 1.13. The highest BCUT2D eigenvalue weighted by Crippen LogP contribution is 2.34. The number of rotatable bonds is 12. The Morgan fingerprint density at radius 3 is 1.41 bits per heavy atom. The molecule has 0 unspecified atom stereocenters. The standard InChI is InChI=1S/C34H41ClF2/c1-2-3-4-25-5-7-26(8-6-25)9-10-27-11-13-28(14-12-27)15-16-29-17-19-30(20-18-29)21-22-31-23-32(36)34(35)33(37)24-31/h5-8,17-20,23-24,27-28H,2-4,9-16,21-22H2,1H3. The number of aryl methyl sites for hydroxylation is 5. The molecule has 0 nitrogen and oxygen atoms in total. The molecule has 0 aliphatic heterocycles. The molecule has 0 spiro atoms. The van der Waals surface area contributed by atoms with E-state index in [0.717, 1.165) is 24.7 Å². The van der Waals surface area contributed by atoms with E-state index in [2.05, 4.69) is 55.5 Å². The molecule has 0 radical (unpaired) electrons. The maximum Gasteiger partial charge on any atom is 0.145 e. The third-order valence-electron chi connectivity index (χ3n) is 8.26. The van der Waals surface area contributed by atoms with Crippen molar-refractivity contribution in [2.75, 3.05) is 0 Å². The first-order chi connectivity index (χ1) is 18.0. The van der Waals surface area contributed by atoms with E-state index in [0.29, 0.717) is 12.0 Å². The van der Waals surface area contributed by atoms with Gasteiger partial charge in [-0.1, -0.05) is 99.2 Å². The van der Waals surface area contributed by atoms with Gasteiger partial charge in [0.15, 0.2) is 0 Å². The van der Waals surface area contributed by atoms with Crippen molar-refractivity contribution in [1.82, 2.24) is 0 Å². The summed E-state index contributed by atoms with van der Waals surface area (Å²) in [6.07, 6.45) is 15.6. The summed E-state index contributed by atoms with van der Waals surface area (Å²) >= 11 is 5.58. The van der Waals surface area contributed by atoms with E-state index in [1.807, 2.05) is 0 Å². The minimum absolute atomic E-state index is 0.426. The Morgan fingerprint density at radius 2 is 0.973 bits per heavy atom. The summed E-state index contributed by atoms with van der Waals surface area (Å²) < 4.78 is 27.3. The molecule has 4 rings (SSSR count). The predicted molar refractivity (Wildman–Crippen MR) is 152 cm³/mol. The summed E-state index contributed by atoms with van der Waals surface area (Å²) in [5.41, 5.74) is 6.19. The fourth-order valence-corrected chi connectivity index (χ4v) is 5.83. The summed E-state index contributed by atoms with van der Waals surface area (Å²) in [6.45, 7) is 2.25. The molecule has 3 heteroatoms. The normalized spacial score (nSPS) is 17.7. The summed E-state index contributed by atoms with van der Waals surface area (Å²) in [6, 6.07) is 20.8. The van der Waals surface area contributed by atoms with Crippen LogP contribution < -0.4 is 0 Å². The zero-order chi connectivity index (χ0) is 26.0. The van der Waals surface area contributed by atoms with Gasteiger partial charge in [-0.3, -0.25) is 0 Å². The maximum absolute atomic E-state index is 13.7. The zero-order valence-corrected chi connectivity index (χ0v) is 23.0. The van der Waals surface area contributed by atoms with Crippen LogP contribution in [0, 0.1) is 23.5 Å². The minimum Gasteiger partial charge on any atom is -0.205 e. The van der Waals surface area contributed by atoms with Gasteiger partial charge in [-0.15, -0.1) is 0 Å². The molecule has 1 aliphatic carbocycles. The first-order valence-corrected chi connectivity index (χ1v) is 14.7. The van der Waals surface area contributed by atoms with Gasteiger partial charge in [-0.25, -0.2) is 8.78 Å². The predicted octanol–water partition coefficient (Wildman–Crippen LogP) is 10.1. The molecule has 0 bridgehead atoms. The molecule has 0 N–H and O–H groups in total. The molecule has 1 aliphatic rings. The van der Waals surface area contributed by atoms with E-state index in [4.69, 9.17) is 11.6 Å². The van der Waals surface area contributed by atoms with Crippen molar-refractivity contribution in [2.24, 2.45) is 11.8 Å². The van der Waals surface area contributed by atoms with Crippen LogP contribution in [0.1, 0.15) is 86.1 Å². The van der Waals surface area contributed by atoms with Gasteiger partial charge < -0.3 is 0 Å². The Bertz CT molecular complexity index is 1070. The van der Waals surface area contributed by atoms with E-state index in [-0.39, 0.29) is 0 Å². The minimum atomic E-state index is -0.687. The van der Waals surface area contributed by atoms with Crippen LogP contribution in [0.15, 0.2) is 60.7 Å². The molecule has 0 amide bonds. The van der Waals surface area contributed by atoms with Crippen LogP contribution in [0.4, 0.5) is 8.78 Å². The highest BCUT2D eigenvalue weighted by Gasteiger charge is 2.21. The van der Waals surface area contributed by atoms with E-state index in [1.165, 1.54) is 98.6 Å². The third-order valence-corrected chi connectivity index (χ3v) is 8.62. The summed E-state index contributed by atoms with van der Waals surface area (Å²) in [4.78, 5) is 0. The highest BCUT2D eigenvalue weighted by atomic mass is 35.5. The molecule has 198 valence electrons. The lowest BCUT2D eigenvalue weighted by atomic mass is 9.77. The molecule has 3 aromatic carbocycles. The lowest BCUT2D eigenvalue weighted by Crippen LogP contribution is -2.15. The van der Waals surface area contributed by atoms with Gasteiger partial charge in [0.25, 0.3) is 0 Å². The van der Waals surface area contributed by atoms with Crippen molar-refractivity contribution < 1.29 is 8.78 Å². The lowest BCUT2D eigenvalue weighted by molar-refractivity contribution is 0.253. The van der Waals surface area contributed by atoms with Crippen molar-refractivity contribution >= 4 is 11.6 Å². The first kappa shape index (κ1) is 27.8. The molecule has 0 heterocycles. The van der Waals surface area contributed by atoms with Gasteiger partial charge in [0.05, 0.1) is 0 Å². The van der Waals surface area contributed by atoms with Gasteiger partial charge in [-0.2, -0.15) is 0 Å². The summed E-state index contributed by atoms with van der Waals surface area (Å²) in [5, 5.41) is -0.426. The van der Waals surface area contributed by atoms with Gasteiger partial charge >= 0.3 is 0 Å². The van der Waals surface area contributed by atoms with Crippen LogP contribution in [0.5, 0.6) is 0 Å². The van der Waals surface area contributed by atoms with Crippen molar-refractivity contribution in [3.05, 3.63) is 105 Å². The number of halogens is 3. The number of unbranched alkanes of at least 4 members (excludes halogenated alkanes) is 1.